The van der Waals surface area contributed by atoms with E-state index in [1.807, 2.05) is 24.3 Å². The fourth-order valence-corrected chi connectivity index (χ4v) is 2.80. The van der Waals surface area contributed by atoms with E-state index in [0.717, 1.165) is 24.3 Å². The van der Waals surface area contributed by atoms with Crippen LogP contribution >= 0.6 is 0 Å². The number of anilines is 1. The van der Waals surface area contributed by atoms with Gasteiger partial charge in [0.2, 0.25) is 5.75 Å². The van der Waals surface area contributed by atoms with Crippen LogP contribution in [0, 0.1) is 0 Å². The molecule has 0 radical (unpaired) electrons. The summed E-state index contributed by atoms with van der Waals surface area (Å²) in [6.45, 7) is 6.15. The van der Waals surface area contributed by atoms with Crippen LogP contribution in [-0.4, -0.2) is 46.5 Å². The van der Waals surface area contributed by atoms with Gasteiger partial charge in [-0.2, -0.15) is 5.10 Å². The third-order valence-corrected chi connectivity index (χ3v) is 4.33. The summed E-state index contributed by atoms with van der Waals surface area (Å²) in [5.41, 5.74) is 4.91. The van der Waals surface area contributed by atoms with Crippen molar-refractivity contribution in [1.29, 1.82) is 0 Å². The number of hydrogen-bond donors (Lipinski definition) is 1. The summed E-state index contributed by atoms with van der Waals surface area (Å²) in [4.78, 5) is 14.7. The Hall–Kier alpha value is -3.22. The minimum Gasteiger partial charge on any atom is -0.493 e. The highest BCUT2D eigenvalue weighted by Gasteiger charge is 2.16. The van der Waals surface area contributed by atoms with Crippen molar-refractivity contribution in [1.82, 2.24) is 5.43 Å². The first-order valence-corrected chi connectivity index (χ1v) is 9.06. The third kappa shape index (κ3) is 4.94. The molecule has 0 aliphatic heterocycles. The number of nitrogens with one attached hydrogen (secondary N) is 1. The molecule has 0 aliphatic rings. The quantitative estimate of drug-likeness (QED) is 0.530. The molecule has 0 heterocycles. The number of rotatable bonds is 9. The fraction of sp³-hybridized carbons (Fsp3) is 0.333. The summed E-state index contributed by atoms with van der Waals surface area (Å²) >= 11 is 0. The van der Waals surface area contributed by atoms with Crippen LogP contribution in [0.25, 0.3) is 0 Å². The molecule has 28 heavy (non-hydrogen) atoms. The Morgan fingerprint density at radius 1 is 1.00 bits per heavy atom. The van der Waals surface area contributed by atoms with Gasteiger partial charge in [-0.05, 0) is 43.7 Å². The first-order valence-electron chi connectivity index (χ1n) is 9.06. The number of methoxy groups -OCH3 is 3. The molecule has 0 spiro atoms. The molecule has 2 aromatic carbocycles. The minimum absolute atomic E-state index is 0.350. The molecule has 2 rings (SSSR count). The Kier molecular flexibility index (Phi) is 7.68. The zero-order chi connectivity index (χ0) is 20.5. The molecular weight excluding hydrogens is 358 g/mol. The average molecular weight is 385 g/mol. The highest BCUT2D eigenvalue weighted by Crippen LogP contribution is 2.38. The van der Waals surface area contributed by atoms with Crippen LogP contribution in [0.15, 0.2) is 41.5 Å². The van der Waals surface area contributed by atoms with Gasteiger partial charge in [-0.3, -0.25) is 4.79 Å². The Bertz CT molecular complexity index is 790. The number of hydrogen-bond acceptors (Lipinski definition) is 6. The standard InChI is InChI=1S/C21H27N3O4/c1-6-24(7-2)17-10-8-15(9-11-17)14-22-23-21(25)16-12-18(26-3)20(28-5)19(13-16)27-4/h8-14H,6-7H2,1-5H3,(H,23,25)/b22-14+. The van der Waals surface area contributed by atoms with Crippen LogP contribution < -0.4 is 24.5 Å². The first kappa shape index (κ1) is 21.1. The maximum Gasteiger partial charge on any atom is 0.271 e. The molecular formula is C21H27N3O4. The summed E-state index contributed by atoms with van der Waals surface area (Å²) in [5.74, 6) is 0.861. The molecule has 0 saturated carbocycles. The van der Waals surface area contributed by atoms with Gasteiger partial charge in [0.1, 0.15) is 0 Å². The molecule has 0 unspecified atom stereocenters. The second kappa shape index (κ2) is 10.2. The number of amides is 1. The Labute approximate surface area is 165 Å². The number of hydrazone groups is 1. The van der Waals surface area contributed by atoms with E-state index in [0.29, 0.717) is 22.8 Å². The van der Waals surface area contributed by atoms with Crippen molar-refractivity contribution in [3.05, 3.63) is 47.5 Å². The number of carbonyl (C=O) groups excluding carboxylic acids is 1. The van der Waals surface area contributed by atoms with Gasteiger partial charge in [0, 0.05) is 24.3 Å². The van der Waals surface area contributed by atoms with Crippen molar-refractivity contribution in [2.75, 3.05) is 39.3 Å². The maximum absolute atomic E-state index is 12.4. The molecule has 7 heteroatoms. The van der Waals surface area contributed by atoms with E-state index in [9.17, 15) is 4.79 Å². The van der Waals surface area contributed by atoms with E-state index in [1.165, 1.54) is 21.3 Å². The highest BCUT2D eigenvalue weighted by atomic mass is 16.5. The molecule has 0 saturated heterocycles. The van der Waals surface area contributed by atoms with E-state index in [2.05, 4.69) is 29.3 Å². The van der Waals surface area contributed by atoms with E-state index < -0.39 is 0 Å². The Balaban J connectivity index is 2.09. The number of ether oxygens (including phenoxy) is 3. The van der Waals surface area contributed by atoms with E-state index in [1.54, 1.807) is 18.3 Å². The van der Waals surface area contributed by atoms with Crippen molar-refractivity contribution in [2.45, 2.75) is 13.8 Å². The van der Waals surface area contributed by atoms with Gasteiger partial charge in [-0.1, -0.05) is 12.1 Å². The molecule has 1 N–H and O–H groups in total. The molecule has 1 amide bonds. The second-order valence-electron chi connectivity index (χ2n) is 5.88. The average Bonchev–Trinajstić information content (AvgIpc) is 2.74. The topological polar surface area (TPSA) is 72.4 Å². The molecule has 2 aromatic rings. The van der Waals surface area contributed by atoms with Crippen LogP contribution in [0.2, 0.25) is 0 Å². The van der Waals surface area contributed by atoms with E-state index in [-0.39, 0.29) is 5.91 Å². The lowest BCUT2D eigenvalue weighted by atomic mass is 10.1. The molecule has 0 atom stereocenters. The SMILES string of the molecule is CCN(CC)c1ccc(/C=N/NC(=O)c2cc(OC)c(OC)c(OC)c2)cc1. The summed E-state index contributed by atoms with van der Waals surface area (Å²) in [5, 5.41) is 4.04. The van der Waals surface area contributed by atoms with Crippen LogP contribution in [-0.2, 0) is 0 Å². The lowest BCUT2D eigenvalue weighted by molar-refractivity contribution is 0.0954. The van der Waals surface area contributed by atoms with Gasteiger partial charge in [-0.15, -0.1) is 0 Å². The summed E-state index contributed by atoms with van der Waals surface area (Å²) < 4.78 is 15.8. The minimum atomic E-state index is -0.379. The van der Waals surface area contributed by atoms with Gasteiger partial charge < -0.3 is 19.1 Å². The highest BCUT2D eigenvalue weighted by molar-refractivity contribution is 5.96. The van der Waals surface area contributed by atoms with Crippen LogP contribution in [0.4, 0.5) is 5.69 Å². The third-order valence-electron chi connectivity index (χ3n) is 4.33. The fourth-order valence-electron chi connectivity index (χ4n) is 2.80. The first-order chi connectivity index (χ1) is 13.6. The van der Waals surface area contributed by atoms with Crippen molar-refractivity contribution >= 4 is 17.8 Å². The largest absolute Gasteiger partial charge is 0.493 e. The lowest BCUT2D eigenvalue weighted by Gasteiger charge is -2.20. The lowest BCUT2D eigenvalue weighted by Crippen LogP contribution is -2.21. The van der Waals surface area contributed by atoms with Crippen molar-refractivity contribution < 1.29 is 19.0 Å². The monoisotopic (exact) mass is 385 g/mol. The van der Waals surface area contributed by atoms with Crippen molar-refractivity contribution in [3.63, 3.8) is 0 Å². The van der Waals surface area contributed by atoms with Gasteiger partial charge in [0.15, 0.2) is 11.5 Å². The zero-order valence-corrected chi connectivity index (χ0v) is 17.0. The van der Waals surface area contributed by atoms with Gasteiger partial charge in [0.05, 0.1) is 27.5 Å². The second-order valence-corrected chi connectivity index (χ2v) is 5.88. The van der Waals surface area contributed by atoms with Crippen LogP contribution in [0.3, 0.4) is 0 Å². The van der Waals surface area contributed by atoms with Crippen molar-refractivity contribution in [2.24, 2.45) is 5.10 Å². The van der Waals surface area contributed by atoms with E-state index >= 15 is 0 Å². The molecule has 0 aliphatic carbocycles. The van der Waals surface area contributed by atoms with Crippen molar-refractivity contribution in [3.8, 4) is 17.2 Å². The zero-order valence-electron chi connectivity index (χ0n) is 17.0. The normalized spacial score (nSPS) is 10.6. The molecule has 150 valence electrons. The predicted molar refractivity (Wildman–Crippen MR) is 111 cm³/mol. The predicted octanol–water partition coefficient (Wildman–Crippen LogP) is 3.32. The van der Waals surface area contributed by atoms with E-state index in [4.69, 9.17) is 14.2 Å². The summed E-state index contributed by atoms with van der Waals surface area (Å²) in [6.07, 6.45) is 1.60. The van der Waals surface area contributed by atoms with Crippen LogP contribution in [0.5, 0.6) is 17.2 Å². The molecule has 0 fully saturated rings. The number of nitrogens with zero attached hydrogens (tertiary/aromatic N) is 2. The Morgan fingerprint density at radius 2 is 1.57 bits per heavy atom. The van der Waals surface area contributed by atoms with Crippen LogP contribution in [0.1, 0.15) is 29.8 Å². The summed E-state index contributed by atoms with van der Waals surface area (Å²) in [6, 6.07) is 11.1. The molecule has 0 aromatic heterocycles. The smallest absolute Gasteiger partial charge is 0.271 e. The molecule has 7 nitrogen and oxygen atoms in total. The number of benzene rings is 2. The Morgan fingerprint density at radius 3 is 2.04 bits per heavy atom. The maximum atomic E-state index is 12.4. The summed E-state index contributed by atoms with van der Waals surface area (Å²) in [7, 11) is 4.51. The van der Waals surface area contributed by atoms with Gasteiger partial charge in [-0.25, -0.2) is 5.43 Å². The number of carbonyl (C=O) groups is 1. The van der Waals surface area contributed by atoms with Gasteiger partial charge in [0.25, 0.3) is 5.91 Å². The van der Waals surface area contributed by atoms with Gasteiger partial charge >= 0.3 is 0 Å². The molecule has 0 bridgehead atoms.